The van der Waals surface area contributed by atoms with E-state index in [1.54, 1.807) is 0 Å². The van der Waals surface area contributed by atoms with E-state index in [0.29, 0.717) is 17.9 Å². The van der Waals surface area contributed by atoms with Gasteiger partial charge in [0.1, 0.15) is 0 Å². The van der Waals surface area contributed by atoms with Crippen LogP contribution in [0.5, 0.6) is 0 Å². The molecule has 2 fully saturated rings. The number of hydrogen-bond donors (Lipinski definition) is 1. The highest BCUT2D eigenvalue weighted by Crippen LogP contribution is 2.39. The minimum atomic E-state index is 0.427. The molecule has 3 rings (SSSR count). The van der Waals surface area contributed by atoms with Crippen LogP contribution >= 0.6 is 11.3 Å². The van der Waals surface area contributed by atoms with E-state index < -0.39 is 0 Å². The maximum Gasteiger partial charge on any atom is 0.0960 e. The number of nitrogens with two attached hydrogens (primary N) is 1. The molecule has 0 unspecified atom stereocenters. The average molecular weight is 251 g/mol. The van der Waals surface area contributed by atoms with Crippen molar-refractivity contribution in [3.8, 4) is 0 Å². The van der Waals surface area contributed by atoms with Crippen LogP contribution < -0.4 is 5.73 Å². The molecule has 1 aliphatic carbocycles. The molecule has 3 nitrogen and oxygen atoms in total. The number of thiazole rings is 1. The van der Waals surface area contributed by atoms with Crippen LogP contribution in [0.2, 0.25) is 0 Å². The Morgan fingerprint density at radius 1 is 1.29 bits per heavy atom. The normalized spacial score (nSPS) is 31.4. The van der Waals surface area contributed by atoms with Crippen molar-refractivity contribution in [1.29, 1.82) is 0 Å². The fourth-order valence-electron chi connectivity index (χ4n) is 2.84. The maximum absolute atomic E-state index is 5.84. The molecule has 1 saturated carbocycles. The predicted octanol–water partition coefficient (Wildman–Crippen LogP) is 2.16. The van der Waals surface area contributed by atoms with Gasteiger partial charge in [-0.2, -0.15) is 0 Å². The maximum atomic E-state index is 5.84. The van der Waals surface area contributed by atoms with E-state index in [9.17, 15) is 0 Å². The van der Waals surface area contributed by atoms with Crippen LogP contribution in [0.25, 0.3) is 0 Å². The van der Waals surface area contributed by atoms with Crippen LogP contribution in [-0.4, -0.2) is 36.1 Å². The predicted molar refractivity (Wildman–Crippen MR) is 71.5 cm³/mol. The SMILES string of the molecule is CN1CCC(c2csc(C3CC(N)C3)n2)CC1. The Bertz CT molecular complexity index is 376. The van der Waals surface area contributed by atoms with Crippen LogP contribution in [0.1, 0.15) is 48.2 Å². The van der Waals surface area contributed by atoms with E-state index in [-0.39, 0.29) is 0 Å². The van der Waals surface area contributed by atoms with E-state index in [0.717, 1.165) is 12.8 Å². The van der Waals surface area contributed by atoms with Crippen LogP contribution in [0.15, 0.2) is 5.38 Å². The molecule has 0 spiro atoms. The van der Waals surface area contributed by atoms with Gasteiger partial charge >= 0.3 is 0 Å². The number of piperidine rings is 1. The van der Waals surface area contributed by atoms with Gasteiger partial charge in [0.05, 0.1) is 10.7 Å². The van der Waals surface area contributed by atoms with E-state index >= 15 is 0 Å². The van der Waals surface area contributed by atoms with Crippen molar-refractivity contribution in [2.24, 2.45) is 5.73 Å². The Kier molecular flexibility index (Phi) is 3.19. The second-order valence-electron chi connectivity index (χ2n) is 5.62. The van der Waals surface area contributed by atoms with Crippen molar-refractivity contribution in [3.05, 3.63) is 16.1 Å². The molecule has 17 heavy (non-hydrogen) atoms. The summed E-state index contributed by atoms with van der Waals surface area (Å²) in [4.78, 5) is 7.27. The monoisotopic (exact) mass is 251 g/mol. The fourth-order valence-corrected chi connectivity index (χ4v) is 3.87. The highest BCUT2D eigenvalue weighted by Gasteiger charge is 2.30. The smallest absolute Gasteiger partial charge is 0.0960 e. The zero-order chi connectivity index (χ0) is 11.8. The van der Waals surface area contributed by atoms with Gasteiger partial charge < -0.3 is 10.6 Å². The zero-order valence-electron chi connectivity index (χ0n) is 10.4. The third kappa shape index (κ3) is 2.39. The third-order valence-electron chi connectivity index (χ3n) is 4.20. The first-order valence-electron chi connectivity index (χ1n) is 6.62. The van der Waals surface area contributed by atoms with Crippen molar-refractivity contribution in [2.45, 2.75) is 43.6 Å². The first-order chi connectivity index (χ1) is 8.22. The Balaban J connectivity index is 1.64. The molecule has 1 aromatic rings. The number of nitrogens with zero attached hydrogens (tertiary/aromatic N) is 2. The minimum absolute atomic E-state index is 0.427. The van der Waals surface area contributed by atoms with Crippen LogP contribution in [0, 0.1) is 0 Å². The summed E-state index contributed by atoms with van der Waals surface area (Å²) < 4.78 is 0. The van der Waals surface area contributed by atoms with Crippen molar-refractivity contribution in [1.82, 2.24) is 9.88 Å². The van der Waals surface area contributed by atoms with Crippen molar-refractivity contribution >= 4 is 11.3 Å². The number of rotatable bonds is 2. The fraction of sp³-hybridized carbons (Fsp3) is 0.769. The van der Waals surface area contributed by atoms with E-state index in [1.807, 2.05) is 11.3 Å². The quantitative estimate of drug-likeness (QED) is 0.876. The van der Waals surface area contributed by atoms with E-state index in [2.05, 4.69) is 17.3 Å². The summed E-state index contributed by atoms with van der Waals surface area (Å²) in [6, 6.07) is 0.427. The summed E-state index contributed by atoms with van der Waals surface area (Å²) in [5.74, 6) is 1.36. The Morgan fingerprint density at radius 3 is 2.65 bits per heavy atom. The molecule has 0 atom stereocenters. The van der Waals surface area contributed by atoms with Gasteiger partial charge in [0, 0.05) is 23.3 Å². The van der Waals surface area contributed by atoms with Gasteiger partial charge in [-0.3, -0.25) is 0 Å². The van der Waals surface area contributed by atoms with Crippen molar-refractivity contribution in [2.75, 3.05) is 20.1 Å². The Labute approximate surface area is 107 Å². The molecule has 2 aliphatic rings. The lowest BCUT2D eigenvalue weighted by Crippen LogP contribution is -2.34. The van der Waals surface area contributed by atoms with Gasteiger partial charge in [-0.05, 0) is 45.8 Å². The second kappa shape index (κ2) is 4.67. The van der Waals surface area contributed by atoms with Gasteiger partial charge in [-0.25, -0.2) is 4.98 Å². The molecule has 1 aliphatic heterocycles. The molecule has 2 N–H and O–H groups in total. The van der Waals surface area contributed by atoms with Crippen molar-refractivity contribution < 1.29 is 0 Å². The first kappa shape index (κ1) is 11.6. The first-order valence-corrected chi connectivity index (χ1v) is 7.50. The van der Waals surface area contributed by atoms with Crippen molar-refractivity contribution in [3.63, 3.8) is 0 Å². The summed E-state index contributed by atoms with van der Waals surface area (Å²) in [6.07, 6.45) is 4.81. The van der Waals surface area contributed by atoms with Gasteiger partial charge in [0.15, 0.2) is 0 Å². The van der Waals surface area contributed by atoms with Gasteiger partial charge in [0.2, 0.25) is 0 Å². The number of hydrogen-bond acceptors (Lipinski definition) is 4. The third-order valence-corrected chi connectivity index (χ3v) is 5.23. The summed E-state index contributed by atoms with van der Waals surface area (Å²) >= 11 is 1.85. The highest BCUT2D eigenvalue weighted by molar-refractivity contribution is 7.09. The second-order valence-corrected chi connectivity index (χ2v) is 6.51. The Hall–Kier alpha value is -0.450. The largest absolute Gasteiger partial charge is 0.328 e. The summed E-state index contributed by atoms with van der Waals surface area (Å²) in [6.45, 7) is 2.43. The molecular weight excluding hydrogens is 230 g/mol. The number of aromatic nitrogens is 1. The summed E-state index contributed by atoms with van der Waals surface area (Å²) in [5.41, 5.74) is 7.19. The van der Waals surface area contributed by atoms with Gasteiger partial charge in [-0.1, -0.05) is 0 Å². The summed E-state index contributed by atoms with van der Waals surface area (Å²) in [5, 5.41) is 3.62. The molecule has 4 heteroatoms. The molecule has 1 aromatic heterocycles. The van der Waals surface area contributed by atoms with Crippen LogP contribution in [0.4, 0.5) is 0 Å². The van der Waals surface area contributed by atoms with Gasteiger partial charge in [-0.15, -0.1) is 11.3 Å². The van der Waals surface area contributed by atoms with E-state index in [4.69, 9.17) is 10.7 Å². The zero-order valence-corrected chi connectivity index (χ0v) is 11.2. The number of likely N-dealkylation sites (tertiary alicyclic amines) is 1. The molecule has 0 aromatic carbocycles. The summed E-state index contributed by atoms with van der Waals surface area (Å²) in [7, 11) is 2.21. The lowest BCUT2D eigenvalue weighted by molar-refractivity contribution is 0.253. The molecule has 0 bridgehead atoms. The van der Waals surface area contributed by atoms with E-state index in [1.165, 1.54) is 36.6 Å². The molecular formula is C13H21N3S. The molecule has 94 valence electrons. The minimum Gasteiger partial charge on any atom is -0.328 e. The molecule has 0 amide bonds. The topological polar surface area (TPSA) is 42.1 Å². The lowest BCUT2D eigenvalue weighted by atomic mass is 9.81. The lowest BCUT2D eigenvalue weighted by Gasteiger charge is -2.31. The van der Waals surface area contributed by atoms with Crippen LogP contribution in [-0.2, 0) is 0 Å². The van der Waals surface area contributed by atoms with Crippen LogP contribution in [0.3, 0.4) is 0 Å². The standard InChI is InChI=1S/C13H21N3S/c1-16-4-2-9(3-5-16)12-8-17-13(15-12)10-6-11(14)7-10/h8-11H,2-7,14H2,1H3. The molecule has 2 heterocycles. The average Bonchev–Trinajstić information content (AvgIpc) is 2.75. The molecule has 1 saturated heterocycles. The van der Waals surface area contributed by atoms with Gasteiger partial charge in [0.25, 0.3) is 0 Å². The Morgan fingerprint density at radius 2 is 2.00 bits per heavy atom. The molecule has 0 radical (unpaired) electrons. The highest BCUT2D eigenvalue weighted by atomic mass is 32.1.